The Balaban J connectivity index is 2.19. The van der Waals surface area contributed by atoms with Crippen molar-refractivity contribution in [3.63, 3.8) is 0 Å². The lowest BCUT2D eigenvalue weighted by Crippen LogP contribution is -2.02. The van der Waals surface area contributed by atoms with Crippen molar-refractivity contribution in [2.75, 3.05) is 12.8 Å². The van der Waals surface area contributed by atoms with Crippen LogP contribution in [-0.2, 0) is 0 Å². The average molecular weight is 283 g/mol. The average Bonchev–Trinajstić information content (AvgIpc) is 2.89. The number of benzene rings is 1. The molecule has 0 atom stereocenters. The van der Waals surface area contributed by atoms with Gasteiger partial charge in [-0.25, -0.2) is 0 Å². The Labute approximate surface area is 120 Å². The smallest absolute Gasteiger partial charge is 0.248 e. The number of methoxy groups -OCH3 is 1. The summed E-state index contributed by atoms with van der Waals surface area (Å²) in [5.41, 5.74) is 8.27. The SMILES string of the molecule is COc1cccc(-c2c(-c3cc[nH]c(=O)c3)noc2N)c1. The van der Waals surface area contributed by atoms with Gasteiger partial charge in [-0.15, -0.1) is 0 Å². The topological polar surface area (TPSA) is 94.1 Å². The fourth-order valence-electron chi connectivity index (χ4n) is 2.15. The van der Waals surface area contributed by atoms with Crippen LogP contribution in [0.25, 0.3) is 22.4 Å². The highest BCUT2D eigenvalue weighted by molar-refractivity contribution is 5.87. The van der Waals surface area contributed by atoms with E-state index in [-0.39, 0.29) is 11.4 Å². The van der Waals surface area contributed by atoms with E-state index in [9.17, 15) is 4.79 Å². The zero-order chi connectivity index (χ0) is 14.8. The van der Waals surface area contributed by atoms with Crippen LogP contribution in [0.15, 0.2) is 51.9 Å². The van der Waals surface area contributed by atoms with Gasteiger partial charge >= 0.3 is 0 Å². The van der Waals surface area contributed by atoms with Gasteiger partial charge in [-0.05, 0) is 23.8 Å². The van der Waals surface area contributed by atoms with Gasteiger partial charge in [0.1, 0.15) is 11.4 Å². The molecule has 0 fully saturated rings. The number of aromatic nitrogens is 2. The van der Waals surface area contributed by atoms with Gasteiger partial charge in [0.2, 0.25) is 11.4 Å². The number of nitrogen functional groups attached to an aromatic ring is 1. The summed E-state index contributed by atoms with van der Waals surface area (Å²) in [5, 5.41) is 3.97. The van der Waals surface area contributed by atoms with Crippen molar-refractivity contribution in [1.29, 1.82) is 0 Å². The zero-order valence-electron chi connectivity index (χ0n) is 11.3. The summed E-state index contributed by atoms with van der Waals surface area (Å²) in [7, 11) is 1.59. The molecule has 6 nitrogen and oxygen atoms in total. The molecule has 0 aliphatic rings. The van der Waals surface area contributed by atoms with Crippen molar-refractivity contribution in [1.82, 2.24) is 10.1 Å². The lowest BCUT2D eigenvalue weighted by Gasteiger charge is -2.05. The molecule has 3 rings (SSSR count). The largest absolute Gasteiger partial charge is 0.497 e. The van der Waals surface area contributed by atoms with Gasteiger partial charge in [-0.2, -0.15) is 0 Å². The first kappa shape index (κ1) is 13.0. The molecule has 3 aromatic rings. The van der Waals surface area contributed by atoms with Crippen molar-refractivity contribution < 1.29 is 9.26 Å². The normalized spacial score (nSPS) is 10.5. The molecule has 3 N–H and O–H groups in total. The molecule has 0 saturated carbocycles. The number of nitrogens with zero attached hydrogens (tertiary/aromatic N) is 1. The highest BCUT2D eigenvalue weighted by atomic mass is 16.5. The number of pyridine rings is 1. The fourth-order valence-corrected chi connectivity index (χ4v) is 2.15. The van der Waals surface area contributed by atoms with Crippen molar-refractivity contribution in [3.05, 3.63) is 52.9 Å². The van der Waals surface area contributed by atoms with Gasteiger partial charge in [0.05, 0.1) is 12.7 Å². The molecular formula is C15H13N3O3. The Bertz CT molecular complexity index is 836. The number of ether oxygens (including phenoxy) is 1. The molecule has 21 heavy (non-hydrogen) atoms. The molecule has 0 spiro atoms. The van der Waals surface area contributed by atoms with E-state index in [1.807, 2.05) is 24.3 Å². The molecule has 0 bridgehead atoms. The van der Waals surface area contributed by atoms with Gasteiger partial charge in [-0.3, -0.25) is 4.79 Å². The predicted molar refractivity (Wildman–Crippen MR) is 79.0 cm³/mol. The van der Waals surface area contributed by atoms with E-state index in [2.05, 4.69) is 10.1 Å². The molecule has 106 valence electrons. The van der Waals surface area contributed by atoms with Crippen molar-refractivity contribution in [2.24, 2.45) is 0 Å². The molecule has 0 aliphatic heterocycles. The third kappa shape index (κ3) is 2.38. The molecular weight excluding hydrogens is 270 g/mol. The maximum absolute atomic E-state index is 11.5. The summed E-state index contributed by atoms with van der Waals surface area (Å²) in [6.45, 7) is 0. The summed E-state index contributed by atoms with van der Waals surface area (Å²) in [5.74, 6) is 0.892. The molecule has 0 unspecified atom stereocenters. The third-order valence-corrected chi connectivity index (χ3v) is 3.13. The Morgan fingerprint density at radius 1 is 1.24 bits per heavy atom. The van der Waals surface area contributed by atoms with Crippen LogP contribution in [0.5, 0.6) is 5.75 Å². The number of nitrogens with two attached hydrogens (primary N) is 1. The number of hydrogen-bond acceptors (Lipinski definition) is 5. The molecule has 2 aromatic heterocycles. The van der Waals surface area contributed by atoms with Gasteiger partial charge in [0.15, 0.2) is 0 Å². The van der Waals surface area contributed by atoms with Crippen LogP contribution in [0.2, 0.25) is 0 Å². The van der Waals surface area contributed by atoms with E-state index < -0.39 is 0 Å². The molecule has 1 aromatic carbocycles. The number of rotatable bonds is 3. The quantitative estimate of drug-likeness (QED) is 0.769. The second kappa shape index (κ2) is 5.16. The van der Waals surface area contributed by atoms with E-state index in [1.54, 1.807) is 19.4 Å². The minimum absolute atomic E-state index is 0.193. The minimum Gasteiger partial charge on any atom is -0.497 e. The van der Waals surface area contributed by atoms with Crippen molar-refractivity contribution in [2.45, 2.75) is 0 Å². The Hall–Kier alpha value is -3.02. The van der Waals surface area contributed by atoms with Crippen molar-refractivity contribution >= 4 is 5.88 Å². The monoisotopic (exact) mass is 283 g/mol. The van der Waals surface area contributed by atoms with Crippen LogP contribution in [0, 0.1) is 0 Å². The molecule has 0 radical (unpaired) electrons. The standard InChI is InChI=1S/C15H13N3O3/c1-20-11-4-2-3-9(7-11)13-14(18-21-15(13)16)10-5-6-17-12(19)8-10/h2-8H,16H2,1H3,(H,17,19). The Morgan fingerprint density at radius 2 is 2.10 bits per heavy atom. The summed E-state index contributed by atoms with van der Waals surface area (Å²) >= 11 is 0. The van der Waals surface area contributed by atoms with Crippen LogP contribution in [-0.4, -0.2) is 17.3 Å². The molecule has 0 aliphatic carbocycles. The second-order valence-electron chi connectivity index (χ2n) is 4.44. The van der Waals surface area contributed by atoms with Crippen LogP contribution in [0.3, 0.4) is 0 Å². The maximum Gasteiger partial charge on any atom is 0.248 e. The molecule has 6 heteroatoms. The highest BCUT2D eigenvalue weighted by Gasteiger charge is 2.18. The van der Waals surface area contributed by atoms with Crippen LogP contribution < -0.4 is 16.0 Å². The molecule has 0 saturated heterocycles. The van der Waals surface area contributed by atoms with E-state index in [4.69, 9.17) is 15.0 Å². The highest BCUT2D eigenvalue weighted by Crippen LogP contribution is 2.36. The van der Waals surface area contributed by atoms with Crippen LogP contribution in [0.1, 0.15) is 0 Å². The lowest BCUT2D eigenvalue weighted by atomic mass is 10.0. The van der Waals surface area contributed by atoms with Gasteiger partial charge in [0, 0.05) is 17.8 Å². The predicted octanol–water partition coefficient (Wildman–Crippen LogP) is 2.29. The molecule has 2 heterocycles. The first-order valence-electron chi connectivity index (χ1n) is 6.27. The lowest BCUT2D eigenvalue weighted by molar-refractivity contribution is 0.415. The first-order chi connectivity index (χ1) is 10.2. The van der Waals surface area contributed by atoms with E-state index in [0.29, 0.717) is 22.6 Å². The summed E-state index contributed by atoms with van der Waals surface area (Å²) in [6, 6.07) is 10.6. The Morgan fingerprint density at radius 3 is 2.86 bits per heavy atom. The van der Waals surface area contributed by atoms with Gasteiger partial charge in [-0.1, -0.05) is 17.3 Å². The molecule has 0 amide bonds. The summed E-state index contributed by atoms with van der Waals surface area (Å²) in [6.07, 6.45) is 1.55. The first-order valence-corrected chi connectivity index (χ1v) is 6.27. The fraction of sp³-hybridized carbons (Fsp3) is 0.0667. The second-order valence-corrected chi connectivity index (χ2v) is 4.44. The van der Waals surface area contributed by atoms with E-state index in [0.717, 1.165) is 5.56 Å². The van der Waals surface area contributed by atoms with Crippen molar-refractivity contribution in [3.8, 4) is 28.1 Å². The third-order valence-electron chi connectivity index (χ3n) is 3.13. The summed E-state index contributed by atoms with van der Waals surface area (Å²) < 4.78 is 10.3. The van der Waals surface area contributed by atoms with Crippen LogP contribution in [0.4, 0.5) is 5.88 Å². The number of aromatic amines is 1. The minimum atomic E-state index is -0.217. The number of H-pyrrole nitrogens is 1. The number of nitrogens with one attached hydrogen (secondary N) is 1. The van der Waals surface area contributed by atoms with Crippen LogP contribution >= 0.6 is 0 Å². The Kier molecular flexibility index (Phi) is 3.19. The van der Waals surface area contributed by atoms with Gasteiger partial charge in [0.25, 0.3) is 0 Å². The summed E-state index contributed by atoms with van der Waals surface area (Å²) in [4.78, 5) is 14.0. The van der Waals surface area contributed by atoms with E-state index in [1.165, 1.54) is 6.07 Å². The van der Waals surface area contributed by atoms with E-state index >= 15 is 0 Å². The number of hydrogen-bond donors (Lipinski definition) is 2. The number of anilines is 1. The van der Waals surface area contributed by atoms with Gasteiger partial charge < -0.3 is 20.0 Å². The zero-order valence-corrected chi connectivity index (χ0v) is 11.3. The maximum atomic E-state index is 11.5.